The molecule has 0 aliphatic heterocycles. The zero-order valence-corrected chi connectivity index (χ0v) is 5.99. The minimum Gasteiger partial charge on any atom is -0.392 e. The Hall–Kier alpha value is 0.500. The molecule has 0 aromatic carbocycles. The Morgan fingerprint density at radius 3 is 2.25 bits per heavy atom. The zero-order chi connectivity index (χ0) is 6.57. The molecule has 50 valence electrons. The summed E-state index contributed by atoms with van der Waals surface area (Å²) in [5.74, 6) is 0. The van der Waals surface area contributed by atoms with Gasteiger partial charge in [-0.05, 0) is 6.92 Å². The molecular formula is C4H8Cl2O2. The predicted molar refractivity (Wildman–Crippen MR) is 33.1 cm³/mol. The molecular weight excluding hydrogens is 151 g/mol. The second-order valence-electron chi connectivity index (χ2n) is 1.27. The molecule has 0 amide bonds. The van der Waals surface area contributed by atoms with Crippen molar-refractivity contribution in [2.75, 3.05) is 6.61 Å². The van der Waals surface area contributed by atoms with Gasteiger partial charge >= 0.3 is 0 Å². The van der Waals surface area contributed by atoms with Gasteiger partial charge in [-0.3, -0.25) is 0 Å². The van der Waals surface area contributed by atoms with Crippen LogP contribution in [0.1, 0.15) is 6.92 Å². The van der Waals surface area contributed by atoms with Gasteiger partial charge in [0.15, 0.2) is 5.56 Å². The molecule has 0 aliphatic rings. The monoisotopic (exact) mass is 158 g/mol. The molecule has 0 spiro atoms. The molecule has 0 saturated heterocycles. The topological polar surface area (TPSA) is 29.5 Å². The van der Waals surface area contributed by atoms with Gasteiger partial charge < -0.3 is 9.84 Å². The standard InChI is InChI=1S/C4H8Cl2O2/c1-3(5)8-4(6)2-7/h3-4,7H,2H2,1H3. The SMILES string of the molecule is CC(Cl)OC(Cl)CO. The molecule has 8 heavy (non-hydrogen) atoms. The molecule has 0 heterocycles. The van der Waals surface area contributed by atoms with Gasteiger partial charge in [0.1, 0.15) is 5.56 Å². The van der Waals surface area contributed by atoms with Crippen LogP contribution in [0.5, 0.6) is 0 Å². The van der Waals surface area contributed by atoms with E-state index < -0.39 is 11.1 Å². The fourth-order valence-corrected chi connectivity index (χ4v) is 0.578. The Bertz CT molecular complexity index is 58.0. The first-order valence-electron chi connectivity index (χ1n) is 2.21. The molecule has 0 aromatic heterocycles. The van der Waals surface area contributed by atoms with Crippen LogP contribution in [0.25, 0.3) is 0 Å². The number of rotatable bonds is 3. The lowest BCUT2D eigenvalue weighted by molar-refractivity contribution is 0.0524. The maximum Gasteiger partial charge on any atom is 0.156 e. The lowest BCUT2D eigenvalue weighted by atomic mass is 10.7. The molecule has 1 N–H and O–H groups in total. The van der Waals surface area contributed by atoms with Crippen LogP contribution in [-0.2, 0) is 4.74 Å². The second kappa shape index (κ2) is 4.39. The minimum absolute atomic E-state index is 0.210. The van der Waals surface area contributed by atoms with Crippen LogP contribution in [-0.4, -0.2) is 22.8 Å². The summed E-state index contributed by atoms with van der Waals surface area (Å²) in [6, 6.07) is 0. The maximum absolute atomic E-state index is 8.27. The van der Waals surface area contributed by atoms with Crippen molar-refractivity contribution in [3.63, 3.8) is 0 Å². The Balaban J connectivity index is 3.10. The van der Waals surface area contributed by atoms with Crippen molar-refractivity contribution in [3.8, 4) is 0 Å². The molecule has 0 saturated carbocycles. The van der Waals surface area contributed by atoms with Crippen LogP contribution >= 0.6 is 23.2 Å². The van der Waals surface area contributed by atoms with Crippen molar-refractivity contribution >= 4 is 23.2 Å². The van der Waals surface area contributed by atoms with Gasteiger partial charge in [0, 0.05) is 0 Å². The fraction of sp³-hybridized carbons (Fsp3) is 1.00. The van der Waals surface area contributed by atoms with Gasteiger partial charge in [0.05, 0.1) is 6.61 Å². The molecule has 2 unspecified atom stereocenters. The molecule has 0 bridgehead atoms. The lowest BCUT2D eigenvalue weighted by Crippen LogP contribution is -2.13. The number of hydrogen-bond acceptors (Lipinski definition) is 2. The molecule has 0 rings (SSSR count). The van der Waals surface area contributed by atoms with E-state index in [4.69, 9.17) is 28.3 Å². The second-order valence-corrected chi connectivity index (χ2v) is 2.37. The van der Waals surface area contributed by atoms with Crippen LogP contribution in [0.2, 0.25) is 0 Å². The Labute approximate surface area is 58.3 Å². The molecule has 0 fully saturated rings. The van der Waals surface area contributed by atoms with Crippen molar-refractivity contribution in [2.24, 2.45) is 0 Å². The maximum atomic E-state index is 8.27. The quantitative estimate of drug-likeness (QED) is 0.625. The van der Waals surface area contributed by atoms with E-state index in [1.807, 2.05) is 0 Å². The molecule has 0 aromatic rings. The minimum atomic E-state index is -0.678. The number of aliphatic hydroxyl groups is 1. The van der Waals surface area contributed by atoms with E-state index in [0.29, 0.717) is 0 Å². The predicted octanol–water partition coefficient (Wildman–Crippen LogP) is 1.14. The summed E-state index contributed by atoms with van der Waals surface area (Å²) in [4.78, 5) is 0. The van der Waals surface area contributed by atoms with E-state index in [1.54, 1.807) is 6.92 Å². The highest BCUT2D eigenvalue weighted by Gasteiger charge is 2.04. The van der Waals surface area contributed by atoms with Crippen LogP contribution in [0, 0.1) is 0 Å². The Morgan fingerprint density at radius 2 is 2.12 bits per heavy atom. The first-order valence-corrected chi connectivity index (χ1v) is 3.08. The summed E-state index contributed by atoms with van der Waals surface area (Å²) in [7, 11) is 0. The summed E-state index contributed by atoms with van der Waals surface area (Å²) in [6.07, 6.45) is 0. The van der Waals surface area contributed by atoms with Crippen molar-refractivity contribution in [1.82, 2.24) is 0 Å². The summed E-state index contributed by atoms with van der Waals surface area (Å²) in [5, 5.41) is 8.27. The third-order valence-electron chi connectivity index (χ3n) is 0.479. The lowest BCUT2D eigenvalue weighted by Gasteiger charge is -2.08. The molecule has 4 heteroatoms. The van der Waals surface area contributed by atoms with Gasteiger partial charge in [-0.25, -0.2) is 0 Å². The third-order valence-corrected chi connectivity index (χ3v) is 0.822. The van der Waals surface area contributed by atoms with Crippen LogP contribution in [0.4, 0.5) is 0 Å². The number of alkyl halides is 2. The van der Waals surface area contributed by atoms with E-state index in [1.165, 1.54) is 0 Å². The average molecular weight is 159 g/mol. The van der Waals surface area contributed by atoms with Crippen molar-refractivity contribution in [3.05, 3.63) is 0 Å². The van der Waals surface area contributed by atoms with Crippen LogP contribution < -0.4 is 0 Å². The third kappa shape index (κ3) is 4.65. The van der Waals surface area contributed by atoms with Gasteiger partial charge in [-0.1, -0.05) is 23.2 Å². The van der Waals surface area contributed by atoms with E-state index in [0.717, 1.165) is 0 Å². The fourth-order valence-electron chi connectivity index (χ4n) is 0.247. The largest absolute Gasteiger partial charge is 0.392 e. The Morgan fingerprint density at radius 1 is 1.62 bits per heavy atom. The number of aliphatic hydroxyl groups excluding tert-OH is 1. The summed E-state index contributed by atoms with van der Waals surface area (Å²) in [6.45, 7) is 1.42. The molecule has 0 radical (unpaired) electrons. The first-order chi connectivity index (χ1) is 3.66. The van der Waals surface area contributed by atoms with Crippen molar-refractivity contribution in [1.29, 1.82) is 0 Å². The van der Waals surface area contributed by atoms with E-state index >= 15 is 0 Å². The average Bonchev–Trinajstić information content (AvgIpc) is 1.65. The van der Waals surface area contributed by atoms with E-state index in [-0.39, 0.29) is 6.61 Å². The molecule has 2 atom stereocenters. The highest BCUT2D eigenvalue weighted by Crippen LogP contribution is 2.04. The van der Waals surface area contributed by atoms with Crippen LogP contribution in [0.15, 0.2) is 0 Å². The normalized spacial score (nSPS) is 18.0. The number of hydrogen-bond donors (Lipinski definition) is 1. The summed E-state index contributed by atoms with van der Waals surface area (Å²) in [5.41, 5.74) is -1.12. The van der Waals surface area contributed by atoms with Crippen molar-refractivity contribution in [2.45, 2.75) is 18.1 Å². The molecule has 2 nitrogen and oxygen atoms in total. The zero-order valence-electron chi connectivity index (χ0n) is 4.47. The van der Waals surface area contributed by atoms with Gasteiger partial charge in [-0.2, -0.15) is 0 Å². The summed E-state index contributed by atoms with van der Waals surface area (Å²) < 4.78 is 4.68. The van der Waals surface area contributed by atoms with Gasteiger partial charge in [-0.15, -0.1) is 0 Å². The highest BCUT2D eigenvalue weighted by atomic mass is 35.5. The van der Waals surface area contributed by atoms with Crippen LogP contribution in [0.3, 0.4) is 0 Å². The smallest absolute Gasteiger partial charge is 0.156 e. The number of halogens is 2. The van der Waals surface area contributed by atoms with Crippen molar-refractivity contribution < 1.29 is 9.84 Å². The molecule has 0 aliphatic carbocycles. The van der Waals surface area contributed by atoms with E-state index in [2.05, 4.69) is 4.74 Å². The first kappa shape index (κ1) is 8.50. The Kier molecular flexibility index (Phi) is 4.66. The highest BCUT2D eigenvalue weighted by molar-refractivity contribution is 6.21. The summed E-state index contributed by atoms with van der Waals surface area (Å²) >= 11 is 10.6. The van der Waals surface area contributed by atoms with E-state index in [9.17, 15) is 0 Å². The van der Waals surface area contributed by atoms with Gasteiger partial charge in [0.25, 0.3) is 0 Å². The number of ether oxygens (including phenoxy) is 1. The van der Waals surface area contributed by atoms with Gasteiger partial charge in [0.2, 0.25) is 0 Å².